The highest BCUT2D eigenvalue weighted by atomic mass is 31.0. The smallest absolute Gasteiger partial charge is 0.0125 e. The Morgan fingerprint density at radius 1 is 0.591 bits per heavy atom. The Kier molecular flexibility index (Phi) is 5.25. The summed E-state index contributed by atoms with van der Waals surface area (Å²) < 4.78 is 0. The first-order chi connectivity index (χ1) is 10.7. The Morgan fingerprint density at radius 3 is 1.95 bits per heavy atom. The van der Waals surface area contributed by atoms with Crippen LogP contribution in [0.3, 0.4) is 0 Å². The van der Waals surface area contributed by atoms with Gasteiger partial charge in [-0.15, -0.1) is 27.7 Å². The Hall–Kier alpha value is -0.790. The van der Waals surface area contributed by atoms with Crippen molar-refractivity contribution in [1.82, 2.24) is 0 Å². The fourth-order valence-electron chi connectivity index (χ4n) is 2.83. The zero-order valence-electron chi connectivity index (χ0n) is 12.5. The first kappa shape index (κ1) is 16.1. The maximum Gasteiger partial charge on any atom is -0.0125 e. The van der Waals surface area contributed by atoms with Crippen molar-refractivity contribution in [3.63, 3.8) is 0 Å². The number of benzene rings is 3. The largest absolute Gasteiger partial charge is 0.133 e. The minimum atomic E-state index is 0.996. The van der Waals surface area contributed by atoms with Crippen LogP contribution in [0.1, 0.15) is 16.7 Å². The summed E-state index contributed by atoms with van der Waals surface area (Å²) in [5, 5.41) is 2.65. The number of rotatable bonds is 4. The summed E-state index contributed by atoms with van der Waals surface area (Å²) in [6, 6.07) is 20.2. The molecule has 3 rings (SSSR count). The van der Waals surface area contributed by atoms with Crippen LogP contribution in [0.2, 0.25) is 0 Å². The molecule has 0 amide bonds. The fourth-order valence-corrected chi connectivity index (χ4v) is 3.84. The van der Waals surface area contributed by atoms with Crippen molar-refractivity contribution in [2.45, 2.75) is 18.5 Å². The Bertz CT molecular complexity index is 809. The zero-order chi connectivity index (χ0) is 15.5. The third-order valence-corrected chi connectivity index (χ3v) is 5.45. The molecular weight excluding hydrogens is 321 g/mol. The van der Waals surface area contributed by atoms with Crippen LogP contribution in [0.5, 0.6) is 0 Å². The molecule has 0 radical (unpaired) electrons. The first-order valence-corrected chi connectivity index (χ1v) is 9.95. The van der Waals surface area contributed by atoms with Gasteiger partial charge in [-0.25, -0.2) is 0 Å². The average Bonchev–Trinajstić information content (AvgIpc) is 2.59. The Labute approximate surface area is 139 Å². The topological polar surface area (TPSA) is 0 Å². The molecule has 0 spiro atoms. The third-order valence-electron chi connectivity index (χ3n) is 4.09. The van der Waals surface area contributed by atoms with E-state index in [1.165, 1.54) is 38.6 Å². The molecule has 0 aliphatic rings. The zero-order valence-corrected chi connectivity index (χ0v) is 16.0. The van der Waals surface area contributed by atoms with E-state index in [4.69, 9.17) is 0 Å². The summed E-state index contributed by atoms with van der Waals surface area (Å²) in [5.74, 6) is 0. The van der Waals surface area contributed by atoms with E-state index in [0.717, 1.165) is 18.5 Å². The van der Waals surface area contributed by atoms with Crippen LogP contribution >= 0.6 is 27.7 Å². The monoisotopic (exact) mass is 342 g/mol. The molecule has 112 valence electrons. The molecule has 0 fully saturated rings. The predicted octanol–water partition coefficient (Wildman–Crippen LogP) is 5.63. The van der Waals surface area contributed by atoms with Crippen molar-refractivity contribution in [3.8, 4) is 11.1 Å². The third kappa shape index (κ3) is 3.26. The van der Waals surface area contributed by atoms with Crippen LogP contribution in [0.15, 0.2) is 54.6 Å². The van der Waals surface area contributed by atoms with Crippen LogP contribution in [-0.2, 0) is 18.5 Å². The fraction of sp³-hybridized carbons (Fsp3) is 0.158. The summed E-state index contributed by atoms with van der Waals surface area (Å²) in [4.78, 5) is 0. The molecule has 0 N–H and O–H groups in total. The lowest BCUT2D eigenvalue weighted by atomic mass is 9.97. The van der Waals surface area contributed by atoms with Gasteiger partial charge in [0.05, 0.1) is 0 Å². The minimum absolute atomic E-state index is 0.996. The lowest BCUT2D eigenvalue weighted by molar-refractivity contribution is 1.30. The van der Waals surface area contributed by atoms with E-state index in [9.17, 15) is 0 Å². The van der Waals surface area contributed by atoms with Gasteiger partial charge in [0.1, 0.15) is 0 Å². The normalized spacial score (nSPS) is 11.0. The van der Waals surface area contributed by atoms with Crippen LogP contribution in [0.4, 0.5) is 0 Å². The SMILES string of the molecule is PCc1cccc(-c2ccc3cc(CP)c(CP)cc3c2)c1. The molecule has 0 saturated heterocycles. The summed E-state index contributed by atoms with van der Waals surface area (Å²) in [6.45, 7) is 0. The van der Waals surface area contributed by atoms with Crippen LogP contribution in [0.25, 0.3) is 21.9 Å². The summed E-state index contributed by atoms with van der Waals surface area (Å²) >= 11 is 0. The van der Waals surface area contributed by atoms with Gasteiger partial charge in [-0.05, 0) is 63.1 Å². The highest BCUT2D eigenvalue weighted by Gasteiger charge is 2.05. The van der Waals surface area contributed by atoms with Crippen molar-refractivity contribution in [1.29, 1.82) is 0 Å². The van der Waals surface area contributed by atoms with E-state index in [-0.39, 0.29) is 0 Å². The lowest BCUT2D eigenvalue weighted by Gasteiger charge is -2.10. The van der Waals surface area contributed by atoms with E-state index < -0.39 is 0 Å². The molecule has 3 atom stereocenters. The highest BCUT2D eigenvalue weighted by molar-refractivity contribution is 7.16. The van der Waals surface area contributed by atoms with Gasteiger partial charge in [-0.1, -0.05) is 48.5 Å². The second-order valence-corrected chi connectivity index (χ2v) is 6.72. The second-order valence-electron chi connectivity index (χ2n) is 5.50. The Morgan fingerprint density at radius 2 is 1.27 bits per heavy atom. The first-order valence-electron chi connectivity index (χ1n) is 7.50. The molecule has 22 heavy (non-hydrogen) atoms. The van der Waals surface area contributed by atoms with E-state index >= 15 is 0 Å². The van der Waals surface area contributed by atoms with E-state index in [1.54, 1.807) is 0 Å². The quantitative estimate of drug-likeness (QED) is 0.539. The molecule has 0 aliphatic heterocycles. The van der Waals surface area contributed by atoms with Gasteiger partial charge in [0.25, 0.3) is 0 Å². The lowest BCUT2D eigenvalue weighted by Crippen LogP contribution is -1.89. The van der Waals surface area contributed by atoms with E-state index in [1.807, 2.05) is 0 Å². The van der Waals surface area contributed by atoms with Crippen molar-refractivity contribution < 1.29 is 0 Å². The van der Waals surface area contributed by atoms with Crippen molar-refractivity contribution in [3.05, 3.63) is 71.3 Å². The standard InChI is InChI=1S/C19H21P3/c20-10-13-2-1-3-14(6-13)15-4-5-16-8-18(11-21)19(12-22)9-17(16)7-15/h1-9H,10-12,20-22H2. The Balaban J connectivity index is 2.12. The van der Waals surface area contributed by atoms with Gasteiger partial charge >= 0.3 is 0 Å². The van der Waals surface area contributed by atoms with Gasteiger partial charge in [0, 0.05) is 0 Å². The molecular formula is C19H21P3. The molecule has 0 saturated carbocycles. The molecule has 0 bridgehead atoms. The molecule has 3 aromatic rings. The highest BCUT2D eigenvalue weighted by Crippen LogP contribution is 2.29. The number of fused-ring (bicyclic) bond motifs is 1. The van der Waals surface area contributed by atoms with E-state index in [2.05, 4.69) is 82.3 Å². The van der Waals surface area contributed by atoms with Crippen molar-refractivity contribution in [2.24, 2.45) is 0 Å². The van der Waals surface area contributed by atoms with Gasteiger partial charge in [0.2, 0.25) is 0 Å². The van der Waals surface area contributed by atoms with Crippen molar-refractivity contribution >= 4 is 38.5 Å². The van der Waals surface area contributed by atoms with Gasteiger partial charge < -0.3 is 0 Å². The number of hydrogen-bond acceptors (Lipinski definition) is 0. The summed E-state index contributed by atoms with van der Waals surface area (Å²) in [5.41, 5.74) is 6.78. The van der Waals surface area contributed by atoms with Crippen molar-refractivity contribution in [2.75, 3.05) is 0 Å². The summed E-state index contributed by atoms with van der Waals surface area (Å²) in [6.07, 6.45) is 3.01. The summed E-state index contributed by atoms with van der Waals surface area (Å²) in [7, 11) is 8.47. The molecule has 3 heteroatoms. The molecule has 3 aromatic carbocycles. The minimum Gasteiger partial charge on any atom is -0.133 e. The molecule has 3 unspecified atom stereocenters. The van der Waals surface area contributed by atoms with Gasteiger partial charge in [-0.3, -0.25) is 0 Å². The maximum absolute atomic E-state index is 2.84. The molecule has 0 aliphatic carbocycles. The predicted molar refractivity (Wildman–Crippen MR) is 110 cm³/mol. The van der Waals surface area contributed by atoms with Crippen LogP contribution < -0.4 is 0 Å². The van der Waals surface area contributed by atoms with Crippen LogP contribution in [0, 0.1) is 0 Å². The van der Waals surface area contributed by atoms with Gasteiger partial charge in [0.15, 0.2) is 0 Å². The average molecular weight is 342 g/mol. The molecule has 0 heterocycles. The number of hydrogen-bond donors (Lipinski definition) is 0. The molecule has 0 nitrogen and oxygen atoms in total. The van der Waals surface area contributed by atoms with E-state index in [0.29, 0.717) is 0 Å². The second kappa shape index (κ2) is 7.19. The van der Waals surface area contributed by atoms with Crippen LogP contribution in [-0.4, -0.2) is 0 Å². The molecule has 0 aromatic heterocycles. The maximum atomic E-state index is 2.84. The van der Waals surface area contributed by atoms with Gasteiger partial charge in [-0.2, -0.15) is 0 Å².